The standard InChI is InChI=1S/C18H25N3O4/c1-12(2)13-4-6-14(7-5-13)15-10-17(23)21(18(24)20-15)11-16(22)19-8-9-25-3/h4-7,12,15H,8-11H2,1-3H3,(H,19,22)(H,20,24). The predicted molar refractivity (Wildman–Crippen MR) is 93.0 cm³/mol. The highest BCUT2D eigenvalue weighted by atomic mass is 16.5. The van der Waals surface area contributed by atoms with E-state index in [0.29, 0.717) is 19.1 Å². The molecule has 1 aliphatic heterocycles. The maximum Gasteiger partial charge on any atom is 0.325 e. The van der Waals surface area contributed by atoms with Crippen molar-refractivity contribution >= 4 is 17.8 Å². The van der Waals surface area contributed by atoms with E-state index in [1.807, 2.05) is 24.3 Å². The molecular formula is C18H25N3O4. The summed E-state index contributed by atoms with van der Waals surface area (Å²) in [6.07, 6.45) is 0.137. The van der Waals surface area contributed by atoms with Crippen LogP contribution in [0.5, 0.6) is 0 Å². The first-order valence-electron chi connectivity index (χ1n) is 8.38. The molecule has 1 aliphatic rings. The predicted octanol–water partition coefficient (Wildman–Crippen LogP) is 1.56. The fourth-order valence-corrected chi connectivity index (χ4v) is 2.64. The largest absolute Gasteiger partial charge is 0.383 e. The summed E-state index contributed by atoms with van der Waals surface area (Å²) in [5.41, 5.74) is 2.09. The van der Waals surface area contributed by atoms with Crippen molar-refractivity contribution in [1.29, 1.82) is 0 Å². The number of rotatable bonds is 7. The van der Waals surface area contributed by atoms with Crippen LogP contribution < -0.4 is 10.6 Å². The fraction of sp³-hybridized carbons (Fsp3) is 0.500. The lowest BCUT2D eigenvalue weighted by Gasteiger charge is -2.31. The highest BCUT2D eigenvalue weighted by Crippen LogP contribution is 2.24. The first-order valence-corrected chi connectivity index (χ1v) is 8.38. The van der Waals surface area contributed by atoms with Gasteiger partial charge >= 0.3 is 6.03 Å². The molecule has 1 atom stereocenters. The summed E-state index contributed by atoms with van der Waals surface area (Å²) in [4.78, 5) is 37.2. The Labute approximate surface area is 147 Å². The van der Waals surface area contributed by atoms with Gasteiger partial charge in [-0.25, -0.2) is 4.79 Å². The van der Waals surface area contributed by atoms with Crippen LogP contribution in [0.15, 0.2) is 24.3 Å². The maximum absolute atomic E-state index is 12.3. The number of carbonyl (C=O) groups is 3. The van der Waals surface area contributed by atoms with Gasteiger partial charge in [-0.05, 0) is 17.0 Å². The van der Waals surface area contributed by atoms with E-state index in [1.165, 1.54) is 12.7 Å². The minimum atomic E-state index is -0.545. The average Bonchev–Trinajstić information content (AvgIpc) is 2.58. The number of hydrogen-bond acceptors (Lipinski definition) is 4. The molecule has 1 aromatic carbocycles. The smallest absolute Gasteiger partial charge is 0.325 e. The van der Waals surface area contributed by atoms with Crippen molar-refractivity contribution in [3.8, 4) is 0 Å². The third kappa shape index (κ3) is 5.03. The molecule has 1 unspecified atom stereocenters. The Morgan fingerprint density at radius 2 is 2.00 bits per heavy atom. The van der Waals surface area contributed by atoms with Gasteiger partial charge in [0.2, 0.25) is 11.8 Å². The van der Waals surface area contributed by atoms with Crippen molar-refractivity contribution in [1.82, 2.24) is 15.5 Å². The van der Waals surface area contributed by atoms with E-state index in [-0.39, 0.29) is 30.8 Å². The van der Waals surface area contributed by atoms with Gasteiger partial charge in [0.25, 0.3) is 0 Å². The molecule has 25 heavy (non-hydrogen) atoms. The van der Waals surface area contributed by atoms with Crippen molar-refractivity contribution in [3.63, 3.8) is 0 Å². The minimum absolute atomic E-state index is 0.137. The van der Waals surface area contributed by atoms with Gasteiger partial charge in [-0.15, -0.1) is 0 Å². The molecule has 0 aromatic heterocycles. The Morgan fingerprint density at radius 3 is 2.56 bits per heavy atom. The normalized spacial score (nSPS) is 17.6. The summed E-state index contributed by atoms with van der Waals surface area (Å²) in [6, 6.07) is 6.96. The van der Waals surface area contributed by atoms with E-state index in [0.717, 1.165) is 10.5 Å². The third-order valence-corrected chi connectivity index (χ3v) is 4.16. The van der Waals surface area contributed by atoms with Crippen molar-refractivity contribution in [2.45, 2.75) is 32.2 Å². The fourth-order valence-electron chi connectivity index (χ4n) is 2.64. The number of carbonyl (C=O) groups excluding carboxylic acids is 3. The summed E-state index contributed by atoms with van der Waals surface area (Å²) in [7, 11) is 1.53. The molecule has 1 aromatic rings. The van der Waals surface area contributed by atoms with Gasteiger partial charge in [-0.2, -0.15) is 0 Å². The molecule has 1 saturated heterocycles. The van der Waals surface area contributed by atoms with Crippen LogP contribution in [0.3, 0.4) is 0 Å². The summed E-state index contributed by atoms with van der Waals surface area (Å²) in [5.74, 6) is -0.326. The molecule has 0 spiro atoms. The summed E-state index contributed by atoms with van der Waals surface area (Å²) in [6.45, 7) is 4.64. The van der Waals surface area contributed by atoms with Crippen LogP contribution in [0.1, 0.15) is 43.4 Å². The lowest BCUT2D eigenvalue weighted by Crippen LogP contribution is -2.54. The second-order valence-corrected chi connectivity index (χ2v) is 6.35. The number of hydrogen-bond donors (Lipinski definition) is 2. The second kappa shape index (κ2) is 8.62. The van der Waals surface area contributed by atoms with Crippen molar-refractivity contribution in [3.05, 3.63) is 35.4 Å². The number of ether oxygens (including phenoxy) is 1. The molecule has 2 rings (SSSR count). The average molecular weight is 347 g/mol. The zero-order valence-electron chi connectivity index (χ0n) is 14.9. The van der Waals surface area contributed by atoms with Gasteiger partial charge in [0.05, 0.1) is 19.1 Å². The van der Waals surface area contributed by atoms with Gasteiger partial charge in [-0.3, -0.25) is 14.5 Å². The van der Waals surface area contributed by atoms with Gasteiger partial charge in [0.15, 0.2) is 0 Å². The van der Waals surface area contributed by atoms with E-state index in [9.17, 15) is 14.4 Å². The quantitative estimate of drug-likeness (QED) is 0.733. The molecule has 0 saturated carbocycles. The van der Waals surface area contributed by atoms with Crippen molar-refractivity contribution in [2.24, 2.45) is 0 Å². The minimum Gasteiger partial charge on any atom is -0.383 e. The van der Waals surface area contributed by atoms with Crippen LogP contribution in [0.2, 0.25) is 0 Å². The van der Waals surface area contributed by atoms with Gasteiger partial charge < -0.3 is 15.4 Å². The zero-order valence-corrected chi connectivity index (χ0v) is 14.9. The highest BCUT2D eigenvalue weighted by Gasteiger charge is 2.33. The van der Waals surface area contributed by atoms with Crippen LogP contribution in [0.25, 0.3) is 0 Å². The van der Waals surface area contributed by atoms with Gasteiger partial charge in [0.1, 0.15) is 6.54 Å². The monoisotopic (exact) mass is 347 g/mol. The molecule has 0 radical (unpaired) electrons. The van der Waals surface area contributed by atoms with E-state index in [2.05, 4.69) is 24.5 Å². The Kier molecular flexibility index (Phi) is 6.52. The number of imide groups is 1. The third-order valence-electron chi connectivity index (χ3n) is 4.16. The topological polar surface area (TPSA) is 87.7 Å². The highest BCUT2D eigenvalue weighted by molar-refractivity contribution is 6.00. The molecule has 1 heterocycles. The molecular weight excluding hydrogens is 322 g/mol. The Morgan fingerprint density at radius 1 is 1.32 bits per heavy atom. The SMILES string of the molecule is COCCNC(=O)CN1C(=O)CC(c2ccc(C(C)C)cc2)NC1=O. The van der Waals surface area contributed by atoms with E-state index >= 15 is 0 Å². The molecule has 2 N–H and O–H groups in total. The van der Waals surface area contributed by atoms with Crippen LogP contribution >= 0.6 is 0 Å². The first kappa shape index (κ1) is 18.9. The number of nitrogens with zero attached hydrogens (tertiary/aromatic N) is 1. The lowest BCUT2D eigenvalue weighted by molar-refractivity contribution is -0.134. The molecule has 0 bridgehead atoms. The Bertz CT molecular complexity index is 610. The van der Waals surface area contributed by atoms with Crippen molar-refractivity contribution in [2.75, 3.05) is 26.8 Å². The zero-order chi connectivity index (χ0) is 18.4. The van der Waals surface area contributed by atoms with Gasteiger partial charge in [-0.1, -0.05) is 38.1 Å². The first-order chi connectivity index (χ1) is 11.9. The van der Waals surface area contributed by atoms with E-state index in [1.54, 1.807) is 0 Å². The molecule has 136 valence electrons. The Balaban J connectivity index is 1.96. The number of urea groups is 1. The molecule has 4 amide bonds. The van der Waals surface area contributed by atoms with Crippen molar-refractivity contribution < 1.29 is 19.1 Å². The van der Waals surface area contributed by atoms with Gasteiger partial charge in [0, 0.05) is 13.7 Å². The molecule has 0 aliphatic carbocycles. The summed E-state index contributed by atoms with van der Waals surface area (Å²) >= 11 is 0. The van der Waals surface area contributed by atoms with E-state index < -0.39 is 6.03 Å². The Hall–Kier alpha value is -2.41. The molecule has 7 heteroatoms. The molecule has 7 nitrogen and oxygen atoms in total. The number of methoxy groups -OCH3 is 1. The van der Waals surface area contributed by atoms with Crippen LogP contribution in [-0.4, -0.2) is 49.6 Å². The number of benzene rings is 1. The maximum atomic E-state index is 12.3. The van der Waals surface area contributed by atoms with Crippen LogP contribution in [-0.2, 0) is 14.3 Å². The summed E-state index contributed by atoms with van der Waals surface area (Å²) < 4.78 is 4.84. The second-order valence-electron chi connectivity index (χ2n) is 6.35. The number of nitrogens with one attached hydrogen (secondary N) is 2. The number of amides is 4. The van der Waals surface area contributed by atoms with Crippen LogP contribution in [0, 0.1) is 0 Å². The summed E-state index contributed by atoms with van der Waals surface area (Å²) in [5, 5.41) is 5.39. The lowest BCUT2D eigenvalue weighted by atomic mass is 9.96. The molecule has 1 fully saturated rings. The van der Waals surface area contributed by atoms with E-state index in [4.69, 9.17) is 4.74 Å². The van der Waals surface area contributed by atoms with Crippen LogP contribution in [0.4, 0.5) is 4.79 Å².